The molecule has 0 radical (unpaired) electrons. The first-order chi connectivity index (χ1) is 13.5. The van der Waals surface area contributed by atoms with Gasteiger partial charge in [-0.15, -0.1) is 0 Å². The maximum Gasteiger partial charge on any atom is 0.338 e. The predicted molar refractivity (Wildman–Crippen MR) is 104 cm³/mol. The molecular formula is C20H21N3O4S. The first-order valence-electron chi connectivity index (χ1n) is 9.24. The molecular weight excluding hydrogens is 378 g/mol. The van der Waals surface area contributed by atoms with Crippen LogP contribution in [-0.2, 0) is 14.8 Å². The SMILES string of the molecule is CCOC(=O)c1ccc(S(=O)(=O)N2CCC[C@H]2c2nc3ccccc3[nH]2)cc1. The summed E-state index contributed by atoms with van der Waals surface area (Å²) in [5.74, 6) is 0.193. The number of hydrogen-bond acceptors (Lipinski definition) is 5. The van der Waals surface area contributed by atoms with Gasteiger partial charge in [-0.25, -0.2) is 18.2 Å². The number of nitrogens with one attached hydrogen (secondary N) is 1. The van der Waals surface area contributed by atoms with E-state index in [9.17, 15) is 13.2 Å². The van der Waals surface area contributed by atoms with E-state index in [1.54, 1.807) is 6.92 Å². The molecule has 0 amide bonds. The Morgan fingerprint density at radius 1 is 1.21 bits per heavy atom. The number of H-pyrrole nitrogens is 1. The summed E-state index contributed by atoms with van der Waals surface area (Å²) in [5.41, 5.74) is 2.04. The Labute approximate surface area is 163 Å². The predicted octanol–water partition coefficient (Wildman–Crippen LogP) is 3.27. The highest BCUT2D eigenvalue weighted by Gasteiger charge is 2.37. The summed E-state index contributed by atoms with van der Waals surface area (Å²) in [7, 11) is -3.71. The average Bonchev–Trinajstić information content (AvgIpc) is 3.35. The summed E-state index contributed by atoms with van der Waals surface area (Å²) in [5, 5.41) is 0. The van der Waals surface area contributed by atoms with Crippen molar-refractivity contribution >= 4 is 27.0 Å². The normalized spacial score (nSPS) is 17.8. The van der Waals surface area contributed by atoms with Gasteiger partial charge in [-0.2, -0.15) is 4.31 Å². The first kappa shape index (κ1) is 18.6. The van der Waals surface area contributed by atoms with Crippen molar-refractivity contribution in [2.24, 2.45) is 0 Å². The van der Waals surface area contributed by atoms with Gasteiger partial charge in [0.25, 0.3) is 0 Å². The van der Waals surface area contributed by atoms with Crippen LogP contribution in [0, 0.1) is 0 Å². The Bertz CT molecular complexity index is 1070. The molecule has 1 aliphatic heterocycles. The van der Waals surface area contributed by atoms with Crippen LogP contribution in [0.5, 0.6) is 0 Å². The fourth-order valence-corrected chi connectivity index (χ4v) is 5.20. The van der Waals surface area contributed by atoms with Crippen LogP contribution >= 0.6 is 0 Å². The van der Waals surface area contributed by atoms with Gasteiger partial charge >= 0.3 is 5.97 Å². The van der Waals surface area contributed by atoms with E-state index in [2.05, 4.69) is 9.97 Å². The van der Waals surface area contributed by atoms with Gasteiger partial charge in [0, 0.05) is 6.54 Å². The molecule has 1 saturated heterocycles. The number of hydrogen-bond donors (Lipinski definition) is 1. The Morgan fingerprint density at radius 2 is 1.96 bits per heavy atom. The number of para-hydroxylation sites is 2. The molecule has 1 aliphatic rings. The van der Waals surface area contributed by atoms with E-state index in [1.165, 1.54) is 28.6 Å². The summed E-state index contributed by atoms with van der Waals surface area (Å²) in [6.45, 7) is 2.43. The average molecular weight is 399 g/mol. The van der Waals surface area contributed by atoms with Crippen LogP contribution in [0.15, 0.2) is 53.4 Å². The number of carbonyl (C=O) groups excluding carboxylic acids is 1. The van der Waals surface area contributed by atoms with Crippen molar-refractivity contribution in [1.29, 1.82) is 0 Å². The molecule has 1 fully saturated rings. The first-order valence-corrected chi connectivity index (χ1v) is 10.7. The highest BCUT2D eigenvalue weighted by atomic mass is 32.2. The van der Waals surface area contributed by atoms with Gasteiger partial charge in [-0.1, -0.05) is 12.1 Å². The molecule has 28 heavy (non-hydrogen) atoms. The Balaban J connectivity index is 1.63. The Kier molecular flexibility index (Phi) is 4.91. The molecule has 0 spiro atoms. The molecule has 0 unspecified atom stereocenters. The lowest BCUT2D eigenvalue weighted by molar-refractivity contribution is 0.0526. The van der Waals surface area contributed by atoms with Crippen molar-refractivity contribution in [2.75, 3.05) is 13.2 Å². The van der Waals surface area contributed by atoms with Crippen LogP contribution < -0.4 is 0 Å². The molecule has 7 nitrogen and oxygen atoms in total. The second kappa shape index (κ2) is 7.37. The highest BCUT2D eigenvalue weighted by Crippen LogP contribution is 2.36. The van der Waals surface area contributed by atoms with Crippen molar-refractivity contribution in [1.82, 2.24) is 14.3 Å². The highest BCUT2D eigenvalue weighted by molar-refractivity contribution is 7.89. The lowest BCUT2D eigenvalue weighted by Crippen LogP contribution is -2.31. The van der Waals surface area contributed by atoms with Crippen LogP contribution in [0.1, 0.15) is 42.0 Å². The molecule has 2 heterocycles. The monoisotopic (exact) mass is 399 g/mol. The summed E-state index contributed by atoms with van der Waals surface area (Å²) >= 11 is 0. The van der Waals surface area contributed by atoms with Crippen LogP contribution in [-0.4, -0.2) is 41.8 Å². The molecule has 8 heteroatoms. The van der Waals surface area contributed by atoms with Crippen LogP contribution in [0.25, 0.3) is 11.0 Å². The number of aromatic nitrogens is 2. The second-order valence-electron chi connectivity index (χ2n) is 6.66. The van der Waals surface area contributed by atoms with E-state index in [1.807, 2.05) is 24.3 Å². The number of benzene rings is 2. The smallest absolute Gasteiger partial charge is 0.338 e. The largest absolute Gasteiger partial charge is 0.462 e. The standard InChI is InChI=1S/C20H21N3O4S/c1-2-27-20(24)14-9-11-15(12-10-14)28(25,26)23-13-5-8-18(23)19-21-16-6-3-4-7-17(16)22-19/h3-4,6-7,9-12,18H,2,5,8,13H2,1H3,(H,21,22)/t18-/m0/s1. The third kappa shape index (κ3) is 3.29. The van der Waals surface area contributed by atoms with E-state index in [0.717, 1.165) is 17.5 Å². The molecule has 1 atom stereocenters. The lowest BCUT2D eigenvalue weighted by Gasteiger charge is -2.22. The van der Waals surface area contributed by atoms with Crippen molar-refractivity contribution in [3.05, 3.63) is 59.9 Å². The number of nitrogens with zero attached hydrogens (tertiary/aromatic N) is 2. The summed E-state index contributed by atoms with van der Waals surface area (Å²) < 4.78 is 32.9. The van der Waals surface area contributed by atoms with E-state index < -0.39 is 16.0 Å². The molecule has 1 aromatic heterocycles. The summed E-state index contributed by atoms with van der Waals surface area (Å²) in [6, 6.07) is 13.2. The number of sulfonamides is 1. The molecule has 0 aliphatic carbocycles. The third-order valence-electron chi connectivity index (χ3n) is 4.90. The molecule has 146 valence electrons. The zero-order chi connectivity index (χ0) is 19.7. The summed E-state index contributed by atoms with van der Waals surface area (Å²) in [4.78, 5) is 19.8. The molecule has 0 saturated carbocycles. The Hall–Kier alpha value is -2.71. The van der Waals surface area contributed by atoms with Gasteiger partial charge in [-0.05, 0) is 56.2 Å². The maximum atomic E-state index is 13.2. The minimum atomic E-state index is -3.71. The lowest BCUT2D eigenvalue weighted by atomic mass is 10.2. The van der Waals surface area contributed by atoms with Gasteiger partial charge in [0.15, 0.2) is 0 Å². The number of carbonyl (C=O) groups is 1. The van der Waals surface area contributed by atoms with E-state index in [-0.39, 0.29) is 17.5 Å². The van der Waals surface area contributed by atoms with Crippen molar-refractivity contribution in [3.63, 3.8) is 0 Å². The van der Waals surface area contributed by atoms with E-state index in [0.29, 0.717) is 24.4 Å². The second-order valence-corrected chi connectivity index (χ2v) is 8.55. The van der Waals surface area contributed by atoms with E-state index in [4.69, 9.17) is 4.74 Å². The number of aromatic amines is 1. The molecule has 2 aromatic carbocycles. The van der Waals surface area contributed by atoms with E-state index >= 15 is 0 Å². The van der Waals surface area contributed by atoms with Crippen LogP contribution in [0.3, 0.4) is 0 Å². The van der Waals surface area contributed by atoms with Crippen LogP contribution in [0.2, 0.25) is 0 Å². The van der Waals surface area contributed by atoms with Crippen LogP contribution in [0.4, 0.5) is 0 Å². The summed E-state index contributed by atoms with van der Waals surface area (Å²) in [6.07, 6.45) is 1.47. The third-order valence-corrected chi connectivity index (χ3v) is 6.82. The van der Waals surface area contributed by atoms with Gasteiger partial charge < -0.3 is 9.72 Å². The van der Waals surface area contributed by atoms with Gasteiger partial charge in [-0.3, -0.25) is 0 Å². The van der Waals surface area contributed by atoms with Gasteiger partial charge in [0.2, 0.25) is 10.0 Å². The quantitative estimate of drug-likeness (QED) is 0.665. The molecule has 1 N–H and O–H groups in total. The number of fused-ring (bicyclic) bond motifs is 1. The molecule has 3 aromatic rings. The van der Waals surface area contributed by atoms with Crippen molar-refractivity contribution in [2.45, 2.75) is 30.7 Å². The van der Waals surface area contributed by atoms with Gasteiger partial charge in [0.05, 0.1) is 34.1 Å². The van der Waals surface area contributed by atoms with Crippen molar-refractivity contribution in [3.8, 4) is 0 Å². The van der Waals surface area contributed by atoms with Gasteiger partial charge in [0.1, 0.15) is 5.82 Å². The minimum Gasteiger partial charge on any atom is -0.462 e. The maximum absolute atomic E-state index is 13.2. The molecule has 4 rings (SSSR count). The number of ether oxygens (including phenoxy) is 1. The zero-order valence-electron chi connectivity index (χ0n) is 15.5. The zero-order valence-corrected chi connectivity index (χ0v) is 16.3. The molecule has 0 bridgehead atoms. The number of rotatable bonds is 5. The number of imidazole rings is 1. The minimum absolute atomic E-state index is 0.156. The van der Waals surface area contributed by atoms with Crippen molar-refractivity contribution < 1.29 is 17.9 Å². The fourth-order valence-electron chi connectivity index (χ4n) is 3.54. The number of esters is 1. The Morgan fingerprint density at radius 3 is 2.68 bits per heavy atom. The topological polar surface area (TPSA) is 92.4 Å². The fraction of sp³-hybridized carbons (Fsp3) is 0.300.